The lowest BCUT2D eigenvalue weighted by molar-refractivity contribution is -0.384. The number of halogens is 1. The van der Waals surface area contributed by atoms with Gasteiger partial charge in [-0.25, -0.2) is 4.79 Å². The second kappa shape index (κ2) is 11.0. The zero-order valence-corrected chi connectivity index (χ0v) is 23.5. The minimum atomic E-state index is -0.718. The smallest absolute Gasteiger partial charge is 0.336 e. The molecule has 1 aliphatic heterocycles. The van der Waals surface area contributed by atoms with Crippen molar-refractivity contribution in [3.8, 4) is 11.5 Å². The Morgan fingerprint density at radius 2 is 1.80 bits per heavy atom. The van der Waals surface area contributed by atoms with Crippen molar-refractivity contribution < 1.29 is 28.7 Å². The molecule has 0 radical (unpaired) electrons. The molecule has 1 heterocycles. The first-order valence-electron chi connectivity index (χ1n) is 12.5. The van der Waals surface area contributed by atoms with Gasteiger partial charge in [-0.3, -0.25) is 14.9 Å². The van der Waals surface area contributed by atoms with E-state index in [0.29, 0.717) is 49.6 Å². The first kappa shape index (κ1) is 27.1. The number of benzene rings is 3. The van der Waals surface area contributed by atoms with Crippen LogP contribution in [0, 0.1) is 10.1 Å². The van der Waals surface area contributed by atoms with Gasteiger partial charge in [0.2, 0.25) is 0 Å². The topological polar surface area (TPSA) is 117 Å². The zero-order chi connectivity index (χ0) is 28.6. The van der Waals surface area contributed by atoms with Crippen molar-refractivity contribution in [3.63, 3.8) is 0 Å². The van der Waals surface area contributed by atoms with Crippen LogP contribution >= 0.6 is 15.9 Å². The molecule has 0 bridgehead atoms. The van der Waals surface area contributed by atoms with E-state index in [1.165, 1.54) is 19.2 Å². The van der Waals surface area contributed by atoms with Gasteiger partial charge in [0.05, 0.1) is 34.4 Å². The Morgan fingerprint density at radius 3 is 2.45 bits per heavy atom. The molecule has 3 aromatic carbocycles. The van der Waals surface area contributed by atoms with E-state index in [0.717, 1.165) is 11.1 Å². The molecule has 204 valence electrons. The van der Waals surface area contributed by atoms with Gasteiger partial charge in [-0.2, -0.15) is 0 Å². The predicted molar refractivity (Wildman–Crippen MR) is 151 cm³/mol. The molecule has 10 heteroatoms. The summed E-state index contributed by atoms with van der Waals surface area (Å²) in [7, 11) is 1.50. The van der Waals surface area contributed by atoms with Gasteiger partial charge in [-0.1, -0.05) is 24.3 Å². The standard InChI is InChI=1S/C30H25BrN2O7/c1-4-39-30(35)24-16(2)32-27-20-7-5-6-8-21(20)28(34)26(27)25(24)18-13-22(31)29(23(14-18)38-3)40-15-17-9-11-19(12-10-17)33(36)37/h5-14,25,32H,4,15H2,1-3H3/t25-/m1/s1. The van der Waals surface area contributed by atoms with E-state index in [-0.39, 0.29) is 24.7 Å². The molecule has 0 saturated heterocycles. The molecule has 2 aliphatic rings. The van der Waals surface area contributed by atoms with Gasteiger partial charge in [0, 0.05) is 40.4 Å². The number of dihydropyridines is 1. The number of rotatable bonds is 8. The summed E-state index contributed by atoms with van der Waals surface area (Å²) in [5, 5.41) is 14.2. The molecule has 0 unspecified atom stereocenters. The minimum absolute atomic E-state index is 0.00753. The Labute approximate surface area is 238 Å². The highest BCUT2D eigenvalue weighted by Gasteiger charge is 2.43. The third-order valence-corrected chi connectivity index (χ3v) is 7.45. The monoisotopic (exact) mass is 604 g/mol. The van der Waals surface area contributed by atoms with Gasteiger partial charge in [0.15, 0.2) is 17.3 Å². The number of Topliss-reactive ketones (excluding diaryl/α,β-unsaturated/α-hetero) is 1. The second-order valence-corrected chi connectivity index (χ2v) is 10.1. The summed E-state index contributed by atoms with van der Waals surface area (Å²) in [6.07, 6.45) is 0. The summed E-state index contributed by atoms with van der Waals surface area (Å²) in [4.78, 5) is 37.4. The van der Waals surface area contributed by atoms with Crippen molar-refractivity contribution >= 4 is 39.1 Å². The number of fused-ring (bicyclic) bond motifs is 2. The van der Waals surface area contributed by atoms with Crippen LogP contribution < -0.4 is 14.8 Å². The van der Waals surface area contributed by atoms with E-state index < -0.39 is 16.8 Å². The van der Waals surface area contributed by atoms with Crippen molar-refractivity contribution in [2.45, 2.75) is 26.4 Å². The van der Waals surface area contributed by atoms with Gasteiger partial charge in [0.1, 0.15) is 6.61 Å². The number of esters is 1. The normalized spacial score (nSPS) is 15.8. The number of methoxy groups -OCH3 is 1. The molecule has 0 spiro atoms. The molecule has 1 atom stereocenters. The van der Waals surface area contributed by atoms with E-state index >= 15 is 0 Å². The summed E-state index contributed by atoms with van der Waals surface area (Å²) < 4.78 is 17.7. The molecule has 0 saturated carbocycles. The van der Waals surface area contributed by atoms with Crippen molar-refractivity contribution in [1.29, 1.82) is 0 Å². The highest BCUT2D eigenvalue weighted by Crippen LogP contribution is 2.49. The van der Waals surface area contributed by atoms with Gasteiger partial charge in [-0.05, 0) is 65.2 Å². The molecule has 0 amide bonds. The molecule has 5 rings (SSSR count). The number of hydrogen-bond donors (Lipinski definition) is 1. The molecule has 0 fully saturated rings. The lowest BCUT2D eigenvalue weighted by Crippen LogP contribution is -2.29. The molecular weight excluding hydrogens is 580 g/mol. The average molecular weight is 605 g/mol. The summed E-state index contributed by atoms with van der Waals surface area (Å²) in [5.41, 5.74) is 4.79. The maximum Gasteiger partial charge on any atom is 0.336 e. The van der Waals surface area contributed by atoms with Crippen LogP contribution in [0.25, 0.3) is 5.70 Å². The largest absolute Gasteiger partial charge is 0.493 e. The zero-order valence-electron chi connectivity index (χ0n) is 21.9. The summed E-state index contributed by atoms with van der Waals surface area (Å²) in [6, 6.07) is 17.0. The van der Waals surface area contributed by atoms with Crippen LogP contribution in [0.2, 0.25) is 0 Å². The fourth-order valence-corrected chi connectivity index (χ4v) is 5.63. The van der Waals surface area contributed by atoms with E-state index in [1.807, 2.05) is 18.2 Å². The lowest BCUT2D eigenvalue weighted by atomic mass is 9.79. The first-order valence-corrected chi connectivity index (χ1v) is 13.3. The molecule has 3 aromatic rings. The highest BCUT2D eigenvalue weighted by molar-refractivity contribution is 9.10. The number of ketones is 1. The van der Waals surface area contributed by atoms with Crippen LogP contribution in [-0.4, -0.2) is 30.4 Å². The number of ether oxygens (including phenoxy) is 3. The predicted octanol–water partition coefficient (Wildman–Crippen LogP) is 6.08. The number of nitrogens with zero attached hydrogens (tertiary/aromatic N) is 1. The van der Waals surface area contributed by atoms with Gasteiger partial charge >= 0.3 is 5.97 Å². The Hall–Kier alpha value is -4.44. The van der Waals surface area contributed by atoms with Crippen LogP contribution in [0.5, 0.6) is 11.5 Å². The quantitative estimate of drug-likeness (QED) is 0.187. The summed E-state index contributed by atoms with van der Waals surface area (Å²) in [5.74, 6) is -0.598. The van der Waals surface area contributed by atoms with E-state index in [2.05, 4.69) is 21.2 Å². The number of nitrogens with one attached hydrogen (secondary N) is 1. The maximum absolute atomic E-state index is 13.7. The first-order chi connectivity index (χ1) is 19.2. The van der Waals surface area contributed by atoms with E-state index in [1.54, 1.807) is 44.2 Å². The minimum Gasteiger partial charge on any atom is -0.493 e. The molecule has 1 N–H and O–H groups in total. The van der Waals surface area contributed by atoms with Crippen LogP contribution in [-0.2, 0) is 16.1 Å². The van der Waals surface area contributed by atoms with Crippen LogP contribution in [0.4, 0.5) is 5.69 Å². The van der Waals surface area contributed by atoms with Crippen molar-refractivity contribution in [2.24, 2.45) is 0 Å². The van der Waals surface area contributed by atoms with E-state index in [9.17, 15) is 19.7 Å². The summed E-state index contributed by atoms with van der Waals surface area (Å²) >= 11 is 3.59. The molecule has 1 aliphatic carbocycles. The third-order valence-electron chi connectivity index (χ3n) is 6.86. The molecule has 9 nitrogen and oxygen atoms in total. The Morgan fingerprint density at radius 1 is 1.10 bits per heavy atom. The van der Waals surface area contributed by atoms with Crippen LogP contribution in [0.3, 0.4) is 0 Å². The number of carbonyl (C=O) groups is 2. The van der Waals surface area contributed by atoms with Gasteiger partial charge in [0.25, 0.3) is 5.69 Å². The highest BCUT2D eigenvalue weighted by atomic mass is 79.9. The molecule has 40 heavy (non-hydrogen) atoms. The number of non-ortho nitro benzene ring substituents is 1. The lowest BCUT2D eigenvalue weighted by Gasteiger charge is -2.30. The average Bonchev–Trinajstić information content (AvgIpc) is 3.22. The molecule has 0 aromatic heterocycles. The number of nitro groups is 1. The Kier molecular flexibility index (Phi) is 7.44. The number of allylic oxidation sites excluding steroid dienone is 2. The fourth-order valence-electron chi connectivity index (χ4n) is 5.06. The van der Waals surface area contributed by atoms with Gasteiger partial charge < -0.3 is 19.5 Å². The van der Waals surface area contributed by atoms with Crippen molar-refractivity contribution in [3.05, 3.63) is 114 Å². The third kappa shape index (κ3) is 4.75. The number of carbonyl (C=O) groups excluding carboxylic acids is 2. The van der Waals surface area contributed by atoms with Gasteiger partial charge in [-0.15, -0.1) is 0 Å². The maximum atomic E-state index is 13.7. The van der Waals surface area contributed by atoms with Crippen molar-refractivity contribution in [1.82, 2.24) is 5.32 Å². The second-order valence-electron chi connectivity index (χ2n) is 9.23. The number of hydrogen-bond acceptors (Lipinski definition) is 8. The number of nitro benzene ring substituents is 1. The van der Waals surface area contributed by atoms with Crippen molar-refractivity contribution in [2.75, 3.05) is 13.7 Å². The molecular formula is C30H25BrN2O7. The van der Waals surface area contributed by atoms with Crippen LogP contribution in [0.15, 0.2) is 82.0 Å². The Balaban J connectivity index is 1.56. The fraction of sp³-hybridized carbons (Fsp3) is 0.200. The Bertz CT molecular complexity index is 1610. The van der Waals surface area contributed by atoms with Crippen LogP contribution in [0.1, 0.15) is 46.8 Å². The summed E-state index contributed by atoms with van der Waals surface area (Å²) in [6.45, 7) is 3.85. The SMILES string of the molecule is CCOC(=O)C1=C(C)NC2=C(C(=O)c3ccccc32)[C@@H]1c1cc(Br)c(OCc2ccc([N+](=O)[O-])cc2)c(OC)c1. The van der Waals surface area contributed by atoms with E-state index in [4.69, 9.17) is 14.2 Å².